The zero-order valence-electron chi connectivity index (χ0n) is 7.83. The summed E-state index contributed by atoms with van der Waals surface area (Å²) >= 11 is 0. The number of aliphatic hydroxyl groups is 1. The average Bonchev–Trinajstić information content (AvgIpc) is 1.82. The smallest absolute Gasteiger partial charge is 0.308 e. The van der Waals surface area contributed by atoms with Crippen LogP contribution in [0.4, 0.5) is 0 Å². The van der Waals surface area contributed by atoms with Gasteiger partial charge in [0.25, 0.3) is 0 Å². The molecule has 70 valence electrons. The molecule has 0 aromatic carbocycles. The van der Waals surface area contributed by atoms with Gasteiger partial charge in [-0.05, 0) is 5.41 Å². The van der Waals surface area contributed by atoms with Crippen molar-refractivity contribution in [2.24, 2.45) is 5.41 Å². The van der Waals surface area contributed by atoms with Crippen LogP contribution in [0.1, 0.15) is 33.6 Å². The fourth-order valence-corrected chi connectivity index (χ4v) is 1.31. The van der Waals surface area contributed by atoms with E-state index in [2.05, 4.69) is 0 Å². The van der Waals surface area contributed by atoms with E-state index in [1.165, 1.54) is 0 Å². The second kappa shape index (κ2) is 3.05. The predicted octanol–water partition coefficient (Wildman–Crippen LogP) is 1.10. The molecule has 0 saturated carbocycles. The molecule has 1 saturated heterocycles. The molecule has 1 fully saturated rings. The predicted molar refractivity (Wildman–Crippen MR) is 44.6 cm³/mol. The van der Waals surface area contributed by atoms with Crippen molar-refractivity contribution in [3.8, 4) is 0 Å². The summed E-state index contributed by atoms with van der Waals surface area (Å²) in [4.78, 5) is 10.9. The Morgan fingerprint density at radius 3 is 2.50 bits per heavy atom. The molecule has 0 radical (unpaired) electrons. The van der Waals surface area contributed by atoms with Crippen LogP contribution in [0.2, 0.25) is 0 Å². The third-order valence-corrected chi connectivity index (χ3v) is 2.13. The summed E-state index contributed by atoms with van der Waals surface area (Å²) in [6.45, 7) is 6.01. The molecule has 0 amide bonds. The summed E-state index contributed by atoms with van der Waals surface area (Å²) in [6.07, 6.45) is 0.0474. The fourth-order valence-electron chi connectivity index (χ4n) is 1.31. The Hall–Kier alpha value is -0.570. The molecule has 3 heteroatoms. The maximum atomic E-state index is 10.9. The van der Waals surface area contributed by atoms with Crippen molar-refractivity contribution < 1.29 is 14.6 Å². The molecule has 0 spiro atoms. The van der Waals surface area contributed by atoms with Gasteiger partial charge in [0.2, 0.25) is 0 Å². The molecule has 2 atom stereocenters. The Labute approximate surface area is 72.7 Å². The summed E-state index contributed by atoms with van der Waals surface area (Å²) in [7, 11) is 0. The van der Waals surface area contributed by atoms with E-state index in [1.807, 2.05) is 20.8 Å². The van der Waals surface area contributed by atoms with Crippen LogP contribution in [0.15, 0.2) is 0 Å². The number of hydrogen-bond donors (Lipinski definition) is 1. The monoisotopic (exact) mass is 172 g/mol. The third kappa shape index (κ3) is 2.21. The van der Waals surface area contributed by atoms with Crippen LogP contribution in [-0.4, -0.2) is 23.3 Å². The molecular formula is C9H16O3. The lowest BCUT2D eigenvalue weighted by atomic mass is 9.84. The fraction of sp³-hybridized carbons (Fsp3) is 0.889. The minimum absolute atomic E-state index is 0.0724. The number of carbonyl (C=O) groups excluding carboxylic acids is 1. The number of cyclic esters (lactones) is 1. The van der Waals surface area contributed by atoms with Gasteiger partial charge in [-0.25, -0.2) is 0 Å². The molecule has 0 aromatic heterocycles. The number of aliphatic hydroxyl groups excluding tert-OH is 1. The average molecular weight is 172 g/mol. The Bertz CT molecular complexity index is 181. The highest BCUT2D eigenvalue weighted by molar-refractivity contribution is 5.71. The van der Waals surface area contributed by atoms with Gasteiger partial charge < -0.3 is 9.84 Å². The summed E-state index contributed by atoms with van der Waals surface area (Å²) < 4.78 is 5.12. The minimum atomic E-state index is -0.518. The third-order valence-electron chi connectivity index (χ3n) is 2.13. The summed E-state index contributed by atoms with van der Waals surface area (Å²) in [6, 6.07) is 0. The van der Waals surface area contributed by atoms with E-state index in [4.69, 9.17) is 4.74 Å². The number of rotatable bonds is 0. The van der Waals surface area contributed by atoms with Gasteiger partial charge in [0, 0.05) is 6.42 Å². The van der Waals surface area contributed by atoms with Gasteiger partial charge in [-0.15, -0.1) is 0 Å². The lowest BCUT2D eigenvalue weighted by Gasteiger charge is -2.35. The Morgan fingerprint density at radius 2 is 2.08 bits per heavy atom. The van der Waals surface area contributed by atoms with Crippen LogP contribution in [0.25, 0.3) is 0 Å². The van der Waals surface area contributed by atoms with Gasteiger partial charge in [-0.2, -0.15) is 0 Å². The molecule has 3 nitrogen and oxygen atoms in total. The van der Waals surface area contributed by atoms with Crippen molar-refractivity contribution in [2.75, 3.05) is 0 Å². The zero-order valence-corrected chi connectivity index (χ0v) is 7.83. The van der Waals surface area contributed by atoms with E-state index in [1.54, 1.807) is 0 Å². The standard InChI is InChI=1S/C9H16O3/c1-9(2,3)7-4-6(10)5-8(11)12-7/h6-7,10H,4-5H2,1-3H3. The van der Waals surface area contributed by atoms with Crippen LogP contribution in [-0.2, 0) is 9.53 Å². The molecule has 1 rings (SSSR count). The Balaban J connectivity index is 2.62. The molecule has 0 bridgehead atoms. The van der Waals surface area contributed by atoms with Gasteiger partial charge in [-0.1, -0.05) is 20.8 Å². The highest BCUT2D eigenvalue weighted by atomic mass is 16.5. The number of ether oxygens (including phenoxy) is 1. The highest BCUT2D eigenvalue weighted by Crippen LogP contribution is 2.29. The molecule has 1 N–H and O–H groups in total. The van der Waals surface area contributed by atoms with Crippen molar-refractivity contribution in [1.82, 2.24) is 0 Å². The van der Waals surface area contributed by atoms with E-state index < -0.39 is 6.10 Å². The van der Waals surface area contributed by atoms with Gasteiger partial charge in [0.1, 0.15) is 6.10 Å². The van der Waals surface area contributed by atoms with Crippen molar-refractivity contribution in [2.45, 2.75) is 45.8 Å². The maximum Gasteiger partial charge on any atom is 0.308 e. The van der Waals surface area contributed by atoms with E-state index in [9.17, 15) is 9.90 Å². The lowest BCUT2D eigenvalue weighted by molar-refractivity contribution is -0.168. The van der Waals surface area contributed by atoms with Gasteiger partial charge in [0.05, 0.1) is 12.5 Å². The maximum absolute atomic E-state index is 10.9. The molecule has 0 aliphatic carbocycles. The first-order valence-electron chi connectivity index (χ1n) is 4.27. The van der Waals surface area contributed by atoms with E-state index >= 15 is 0 Å². The van der Waals surface area contributed by atoms with Gasteiger partial charge in [-0.3, -0.25) is 4.79 Å². The van der Waals surface area contributed by atoms with E-state index in [0.717, 1.165) is 0 Å². The number of esters is 1. The molecule has 1 heterocycles. The molecular weight excluding hydrogens is 156 g/mol. The number of hydrogen-bond acceptors (Lipinski definition) is 3. The van der Waals surface area contributed by atoms with Crippen LogP contribution in [0, 0.1) is 5.41 Å². The topological polar surface area (TPSA) is 46.5 Å². The van der Waals surface area contributed by atoms with Crippen LogP contribution >= 0.6 is 0 Å². The molecule has 12 heavy (non-hydrogen) atoms. The highest BCUT2D eigenvalue weighted by Gasteiger charge is 2.35. The van der Waals surface area contributed by atoms with E-state index in [0.29, 0.717) is 6.42 Å². The largest absolute Gasteiger partial charge is 0.462 e. The molecule has 2 unspecified atom stereocenters. The lowest BCUT2D eigenvalue weighted by Crippen LogP contribution is -2.40. The first-order chi connectivity index (χ1) is 5.39. The minimum Gasteiger partial charge on any atom is -0.462 e. The molecule has 1 aliphatic rings. The van der Waals surface area contributed by atoms with Crippen LogP contribution in [0.3, 0.4) is 0 Å². The van der Waals surface area contributed by atoms with Gasteiger partial charge >= 0.3 is 5.97 Å². The van der Waals surface area contributed by atoms with Crippen molar-refractivity contribution in [3.63, 3.8) is 0 Å². The van der Waals surface area contributed by atoms with Crippen molar-refractivity contribution in [1.29, 1.82) is 0 Å². The summed E-state index contributed by atoms with van der Waals surface area (Å²) in [5.41, 5.74) is -0.0724. The second-order valence-electron chi connectivity index (χ2n) is 4.44. The first kappa shape index (κ1) is 9.52. The van der Waals surface area contributed by atoms with E-state index in [-0.39, 0.29) is 23.9 Å². The normalized spacial score (nSPS) is 31.5. The SMILES string of the molecule is CC(C)(C)C1CC(O)CC(=O)O1. The zero-order chi connectivity index (χ0) is 9.35. The first-order valence-corrected chi connectivity index (χ1v) is 4.27. The van der Waals surface area contributed by atoms with Gasteiger partial charge in [0.15, 0.2) is 0 Å². The molecule has 1 aliphatic heterocycles. The van der Waals surface area contributed by atoms with Crippen LogP contribution < -0.4 is 0 Å². The summed E-state index contributed by atoms with van der Waals surface area (Å²) in [5.74, 6) is -0.284. The number of carbonyl (C=O) groups is 1. The quantitative estimate of drug-likeness (QED) is 0.556. The Kier molecular flexibility index (Phi) is 2.42. The molecule has 0 aromatic rings. The summed E-state index contributed by atoms with van der Waals surface area (Å²) in [5, 5.41) is 9.31. The van der Waals surface area contributed by atoms with Crippen molar-refractivity contribution in [3.05, 3.63) is 0 Å². The van der Waals surface area contributed by atoms with Crippen molar-refractivity contribution >= 4 is 5.97 Å². The van der Waals surface area contributed by atoms with Crippen LogP contribution in [0.5, 0.6) is 0 Å². The second-order valence-corrected chi connectivity index (χ2v) is 4.44. The Morgan fingerprint density at radius 1 is 1.50 bits per heavy atom.